The van der Waals surface area contributed by atoms with Gasteiger partial charge in [0.15, 0.2) is 0 Å². The number of benzene rings is 1. The van der Waals surface area contributed by atoms with Crippen molar-refractivity contribution in [3.63, 3.8) is 0 Å². The third-order valence-corrected chi connectivity index (χ3v) is 4.54. The Balaban J connectivity index is 1.29. The van der Waals surface area contributed by atoms with Gasteiger partial charge in [0.2, 0.25) is 0 Å². The van der Waals surface area contributed by atoms with Crippen LogP contribution in [0.25, 0.3) is 0 Å². The van der Waals surface area contributed by atoms with Gasteiger partial charge in [-0.15, -0.1) is 0 Å². The Hall–Kier alpha value is -1.59. The van der Waals surface area contributed by atoms with Crippen LogP contribution in [0.2, 0.25) is 0 Å². The molecule has 22 heavy (non-hydrogen) atoms. The van der Waals surface area contributed by atoms with Gasteiger partial charge in [-0.3, -0.25) is 0 Å². The Morgan fingerprint density at radius 2 is 2.00 bits per heavy atom. The zero-order valence-corrected chi connectivity index (χ0v) is 13.1. The highest BCUT2D eigenvalue weighted by atomic mass is 16.5. The molecule has 1 aliphatic carbocycles. The van der Waals surface area contributed by atoms with Gasteiger partial charge in [0.1, 0.15) is 6.61 Å². The van der Waals surface area contributed by atoms with Crippen LogP contribution < -0.4 is 10.6 Å². The molecule has 2 aliphatic rings. The van der Waals surface area contributed by atoms with Crippen LogP contribution in [0.4, 0.5) is 4.79 Å². The predicted octanol–water partition coefficient (Wildman–Crippen LogP) is 1.74. The van der Waals surface area contributed by atoms with Crippen molar-refractivity contribution in [1.82, 2.24) is 15.5 Å². The molecule has 0 radical (unpaired) electrons. The molecule has 120 valence electrons. The first-order valence-electron chi connectivity index (χ1n) is 8.11. The number of likely N-dealkylation sites (N-methyl/N-ethyl adjacent to an activating group) is 1. The summed E-state index contributed by atoms with van der Waals surface area (Å²) >= 11 is 0. The van der Waals surface area contributed by atoms with Crippen LogP contribution in [0.1, 0.15) is 24.8 Å². The molecule has 3 rings (SSSR count). The molecule has 1 amide bonds. The van der Waals surface area contributed by atoms with Crippen molar-refractivity contribution in [2.75, 3.05) is 20.1 Å². The van der Waals surface area contributed by atoms with Gasteiger partial charge in [-0.25, -0.2) is 4.79 Å². The van der Waals surface area contributed by atoms with Gasteiger partial charge in [0.25, 0.3) is 0 Å². The van der Waals surface area contributed by atoms with Crippen LogP contribution >= 0.6 is 0 Å². The predicted molar refractivity (Wildman–Crippen MR) is 85.6 cm³/mol. The number of nitrogens with one attached hydrogen (secondary N) is 2. The molecule has 1 aliphatic heterocycles. The summed E-state index contributed by atoms with van der Waals surface area (Å²) in [6, 6.07) is 11.1. The number of ether oxygens (including phenoxy) is 1. The van der Waals surface area contributed by atoms with E-state index in [2.05, 4.69) is 22.6 Å². The second-order valence-electron chi connectivity index (χ2n) is 6.49. The molecule has 2 N–H and O–H groups in total. The van der Waals surface area contributed by atoms with E-state index in [9.17, 15) is 4.79 Å². The van der Waals surface area contributed by atoms with E-state index in [-0.39, 0.29) is 12.1 Å². The maximum Gasteiger partial charge on any atom is 0.407 e. The minimum absolute atomic E-state index is 0.250. The first kappa shape index (κ1) is 15.3. The number of carbonyl (C=O) groups is 1. The molecule has 0 bridgehead atoms. The highest BCUT2D eigenvalue weighted by Gasteiger charge is 2.33. The summed E-state index contributed by atoms with van der Waals surface area (Å²) in [4.78, 5) is 14.1. The van der Waals surface area contributed by atoms with Crippen LogP contribution in [0.15, 0.2) is 30.3 Å². The normalized spacial score (nSPS) is 28.1. The molecule has 0 aromatic heterocycles. The maximum absolute atomic E-state index is 11.8. The van der Waals surface area contributed by atoms with Gasteiger partial charge >= 0.3 is 6.09 Å². The van der Waals surface area contributed by atoms with E-state index < -0.39 is 0 Å². The van der Waals surface area contributed by atoms with Crippen molar-refractivity contribution in [2.45, 2.75) is 44.0 Å². The number of carbonyl (C=O) groups excluding carboxylic acids is 1. The lowest BCUT2D eigenvalue weighted by molar-refractivity contribution is 0.124. The van der Waals surface area contributed by atoms with Crippen LogP contribution in [0.3, 0.4) is 0 Å². The number of alkyl carbamates (subject to hydrolysis) is 1. The van der Waals surface area contributed by atoms with Gasteiger partial charge < -0.3 is 20.3 Å². The molecular weight excluding hydrogens is 278 g/mol. The SMILES string of the molecule is CN1CCC(NC2CC(NC(=O)OCc3ccccc3)C2)C1. The molecule has 5 nitrogen and oxygen atoms in total. The summed E-state index contributed by atoms with van der Waals surface area (Å²) in [5.74, 6) is 0. The lowest BCUT2D eigenvalue weighted by Crippen LogP contribution is -2.55. The molecule has 1 aromatic carbocycles. The molecule has 1 aromatic rings. The van der Waals surface area contributed by atoms with Gasteiger partial charge in [0, 0.05) is 24.7 Å². The summed E-state index contributed by atoms with van der Waals surface area (Å²) in [6.07, 6.45) is 2.92. The van der Waals surface area contributed by atoms with E-state index in [1.807, 2.05) is 30.3 Å². The summed E-state index contributed by atoms with van der Waals surface area (Å²) in [5, 5.41) is 6.61. The number of hydrogen-bond acceptors (Lipinski definition) is 4. The third-order valence-electron chi connectivity index (χ3n) is 4.54. The highest BCUT2D eigenvalue weighted by molar-refractivity contribution is 5.67. The lowest BCUT2D eigenvalue weighted by atomic mass is 9.86. The van der Waals surface area contributed by atoms with E-state index >= 15 is 0 Å². The van der Waals surface area contributed by atoms with Gasteiger partial charge in [0.05, 0.1) is 0 Å². The summed E-state index contributed by atoms with van der Waals surface area (Å²) < 4.78 is 5.24. The van der Waals surface area contributed by atoms with E-state index in [1.54, 1.807) is 0 Å². The fraction of sp³-hybridized carbons (Fsp3) is 0.588. The monoisotopic (exact) mass is 303 g/mol. The van der Waals surface area contributed by atoms with Crippen molar-refractivity contribution in [1.29, 1.82) is 0 Å². The topological polar surface area (TPSA) is 53.6 Å². The van der Waals surface area contributed by atoms with Crippen LogP contribution in [-0.4, -0.2) is 49.3 Å². The second-order valence-corrected chi connectivity index (χ2v) is 6.49. The number of nitrogens with zero attached hydrogens (tertiary/aromatic N) is 1. The van der Waals surface area contributed by atoms with Crippen LogP contribution in [0, 0.1) is 0 Å². The largest absolute Gasteiger partial charge is 0.445 e. The average molecular weight is 303 g/mol. The van der Waals surface area contributed by atoms with E-state index in [0.29, 0.717) is 18.7 Å². The summed E-state index contributed by atoms with van der Waals surface area (Å²) in [5.41, 5.74) is 1.01. The van der Waals surface area contributed by atoms with Crippen molar-refractivity contribution >= 4 is 6.09 Å². The van der Waals surface area contributed by atoms with E-state index in [0.717, 1.165) is 24.9 Å². The molecule has 1 atom stereocenters. The standard InChI is InChI=1S/C17H25N3O2/c1-20-8-7-14(11-20)18-15-9-16(10-15)19-17(21)22-12-13-5-3-2-4-6-13/h2-6,14-16,18H,7-12H2,1H3,(H,19,21). The highest BCUT2D eigenvalue weighted by Crippen LogP contribution is 2.22. The molecule has 5 heteroatoms. The first-order chi connectivity index (χ1) is 10.7. The minimum Gasteiger partial charge on any atom is -0.445 e. The second kappa shape index (κ2) is 7.11. The summed E-state index contributed by atoms with van der Waals surface area (Å²) in [6.45, 7) is 2.64. The third kappa shape index (κ3) is 4.21. The van der Waals surface area contributed by atoms with Gasteiger partial charge in [-0.1, -0.05) is 30.3 Å². The number of rotatable bonds is 5. The zero-order valence-electron chi connectivity index (χ0n) is 13.1. The van der Waals surface area contributed by atoms with Crippen molar-refractivity contribution in [3.05, 3.63) is 35.9 Å². The molecule has 1 unspecified atom stereocenters. The van der Waals surface area contributed by atoms with Gasteiger partial charge in [-0.2, -0.15) is 0 Å². The van der Waals surface area contributed by atoms with Crippen molar-refractivity contribution < 1.29 is 9.53 Å². The number of hydrogen-bond donors (Lipinski definition) is 2. The number of likely N-dealkylation sites (tertiary alicyclic amines) is 1. The van der Waals surface area contributed by atoms with Crippen LogP contribution in [0.5, 0.6) is 0 Å². The molecule has 0 spiro atoms. The lowest BCUT2D eigenvalue weighted by Gasteiger charge is -2.37. The summed E-state index contributed by atoms with van der Waals surface area (Å²) in [7, 11) is 2.16. The minimum atomic E-state index is -0.312. The quantitative estimate of drug-likeness (QED) is 0.870. The Morgan fingerprint density at radius 1 is 1.23 bits per heavy atom. The molecule has 1 saturated carbocycles. The maximum atomic E-state index is 11.8. The molecule has 2 fully saturated rings. The molecule has 1 heterocycles. The van der Waals surface area contributed by atoms with Crippen molar-refractivity contribution in [2.24, 2.45) is 0 Å². The molecular formula is C17H25N3O2. The Bertz CT molecular complexity index is 488. The Labute approximate surface area is 132 Å². The smallest absolute Gasteiger partial charge is 0.407 e. The van der Waals surface area contributed by atoms with Crippen LogP contribution in [-0.2, 0) is 11.3 Å². The fourth-order valence-electron chi connectivity index (χ4n) is 3.21. The van der Waals surface area contributed by atoms with E-state index in [1.165, 1.54) is 13.0 Å². The average Bonchev–Trinajstić information content (AvgIpc) is 2.89. The fourth-order valence-corrected chi connectivity index (χ4v) is 3.21. The Kier molecular flexibility index (Phi) is 4.95. The van der Waals surface area contributed by atoms with Gasteiger partial charge in [-0.05, 0) is 38.4 Å². The number of amides is 1. The Morgan fingerprint density at radius 3 is 2.68 bits per heavy atom. The van der Waals surface area contributed by atoms with E-state index in [4.69, 9.17) is 4.74 Å². The zero-order chi connectivity index (χ0) is 15.4. The first-order valence-corrected chi connectivity index (χ1v) is 8.11. The molecule has 1 saturated heterocycles. The van der Waals surface area contributed by atoms with Crippen molar-refractivity contribution in [3.8, 4) is 0 Å².